The molecule has 2 heterocycles. The maximum Gasteiger partial charge on any atom is 0.142 e. The van der Waals surface area contributed by atoms with Crippen LogP contribution in [0.4, 0.5) is 0 Å². The summed E-state index contributed by atoms with van der Waals surface area (Å²) in [4.78, 5) is 4.84. The van der Waals surface area contributed by atoms with E-state index in [1.54, 1.807) is 0 Å². The van der Waals surface area contributed by atoms with E-state index in [2.05, 4.69) is 65.2 Å². The minimum Gasteiger partial charge on any atom is -0.319 e. The zero-order chi connectivity index (χ0) is 13.1. The van der Waals surface area contributed by atoms with E-state index in [1.165, 1.54) is 27.4 Å². The van der Waals surface area contributed by atoms with Crippen molar-refractivity contribution in [3.63, 3.8) is 0 Å². The van der Waals surface area contributed by atoms with Crippen molar-refractivity contribution in [3.8, 4) is 11.4 Å². The number of rotatable bonds is 0. The van der Waals surface area contributed by atoms with Gasteiger partial charge in [0.15, 0.2) is 0 Å². The number of hydrogen-bond donors (Lipinski definition) is 0. The van der Waals surface area contributed by atoms with Gasteiger partial charge in [-0.15, -0.1) is 0 Å². The molecule has 2 heteroatoms. The highest BCUT2D eigenvalue weighted by atomic mass is 15.1. The standard InChI is InChI=1S/C18H12N2/c1-2-10-16-15(9-1)19-18-14-8-4-6-12-5-3-7-13(17(12)14)11-20(16)18/h1-10H,11H2. The van der Waals surface area contributed by atoms with Crippen LogP contribution in [0.2, 0.25) is 0 Å². The van der Waals surface area contributed by atoms with Crippen LogP contribution >= 0.6 is 0 Å². The van der Waals surface area contributed by atoms with Gasteiger partial charge in [-0.2, -0.15) is 0 Å². The Bertz CT molecular complexity index is 974. The number of hydrogen-bond acceptors (Lipinski definition) is 1. The molecule has 5 rings (SSSR count). The van der Waals surface area contributed by atoms with Crippen molar-refractivity contribution in [1.29, 1.82) is 0 Å². The van der Waals surface area contributed by atoms with Crippen molar-refractivity contribution >= 4 is 21.8 Å². The minimum absolute atomic E-state index is 0.907. The highest BCUT2D eigenvalue weighted by molar-refractivity contribution is 6.00. The SMILES string of the molecule is c1cc2c3c(cccc3c1)-c1nc3ccccc3n1C2. The summed E-state index contributed by atoms with van der Waals surface area (Å²) in [6, 6.07) is 21.4. The summed E-state index contributed by atoms with van der Waals surface area (Å²) in [7, 11) is 0. The fraction of sp³-hybridized carbons (Fsp3) is 0.0556. The molecule has 0 saturated carbocycles. The predicted molar refractivity (Wildman–Crippen MR) is 81.8 cm³/mol. The summed E-state index contributed by atoms with van der Waals surface area (Å²) in [5, 5.41) is 2.66. The van der Waals surface area contributed by atoms with Crippen LogP contribution in [0.3, 0.4) is 0 Å². The molecule has 0 aliphatic carbocycles. The molecule has 0 amide bonds. The summed E-state index contributed by atoms with van der Waals surface area (Å²) >= 11 is 0. The summed E-state index contributed by atoms with van der Waals surface area (Å²) in [6.45, 7) is 0.907. The van der Waals surface area contributed by atoms with Crippen molar-refractivity contribution in [2.45, 2.75) is 6.54 Å². The quantitative estimate of drug-likeness (QED) is 0.405. The first-order valence-electron chi connectivity index (χ1n) is 6.88. The Morgan fingerprint density at radius 1 is 0.850 bits per heavy atom. The van der Waals surface area contributed by atoms with Crippen LogP contribution < -0.4 is 0 Å². The van der Waals surface area contributed by atoms with Crippen LogP contribution in [-0.4, -0.2) is 9.55 Å². The summed E-state index contributed by atoms with van der Waals surface area (Å²) in [5.41, 5.74) is 4.93. The number of para-hydroxylation sites is 2. The van der Waals surface area contributed by atoms with Crippen molar-refractivity contribution < 1.29 is 0 Å². The second-order valence-electron chi connectivity index (χ2n) is 5.33. The Balaban J connectivity index is 2.00. The molecule has 1 aliphatic rings. The van der Waals surface area contributed by atoms with Gasteiger partial charge in [-0.1, -0.05) is 48.5 Å². The predicted octanol–water partition coefficient (Wildman–Crippen LogP) is 4.22. The molecule has 0 fully saturated rings. The molecule has 0 atom stereocenters. The van der Waals surface area contributed by atoms with Crippen LogP contribution in [0.1, 0.15) is 5.56 Å². The van der Waals surface area contributed by atoms with E-state index in [1.807, 2.05) is 0 Å². The number of benzene rings is 3. The van der Waals surface area contributed by atoms with Crippen molar-refractivity contribution in [1.82, 2.24) is 9.55 Å². The van der Waals surface area contributed by atoms with Crippen molar-refractivity contribution in [2.24, 2.45) is 0 Å². The third kappa shape index (κ3) is 1.16. The first-order chi connectivity index (χ1) is 9.92. The van der Waals surface area contributed by atoms with Gasteiger partial charge >= 0.3 is 0 Å². The summed E-state index contributed by atoms with van der Waals surface area (Å²) in [6.07, 6.45) is 0. The van der Waals surface area contributed by atoms with Crippen LogP contribution in [0.5, 0.6) is 0 Å². The molecule has 4 aromatic rings. The third-order valence-electron chi connectivity index (χ3n) is 4.21. The highest BCUT2D eigenvalue weighted by Crippen LogP contribution is 2.37. The van der Waals surface area contributed by atoms with Gasteiger partial charge in [0, 0.05) is 5.56 Å². The van der Waals surface area contributed by atoms with E-state index in [4.69, 9.17) is 4.98 Å². The van der Waals surface area contributed by atoms with E-state index in [-0.39, 0.29) is 0 Å². The van der Waals surface area contributed by atoms with Gasteiger partial charge in [-0.3, -0.25) is 0 Å². The lowest BCUT2D eigenvalue weighted by atomic mass is 9.96. The Hall–Kier alpha value is -2.61. The molecule has 0 radical (unpaired) electrons. The maximum absolute atomic E-state index is 4.84. The molecule has 94 valence electrons. The van der Waals surface area contributed by atoms with Crippen molar-refractivity contribution in [2.75, 3.05) is 0 Å². The largest absolute Gasteiger partial charge is 0.319 e. The minimum atomic E-state index is 0.907. The van der Waals surface area contributed by atoms with Gasteiger partial charge in [0.25, 0.3) is 0 Å². The molecule has 0 spiro atoms. The molecule has 20 heavy (non-hydrogen) atoms. The van der Waals surface area contributed by atoms with E-state index < -0.39 is 0 Å². The molecule has 2 nitrogen and oxygen atoms in total. The van der Waals surface area contributed by atoms with E-state index >= 15 is 0 Å². The zero-order valence-corrected chi connectivity index (χ0v) is 10.9. The monoisotopic (exact) mass is 256 g/mol. The molecule has 0 unspecified atom stereocenters. The number of imidazole rings is 1. The first-order valence-corrected chi connectivity index (χ1v) is 6.88. The lowest BCUT2D eigenvalue weighted by Gasteiger charge is -2.19. The van der Waals surface area contributed by atoms with Crippen LogP contribution in [-0.2, 0) is 6.54 Å². The maximum atomic E-state index is 4.84. The van der Waals surface area contributed by atoms with Crippen LogP contribution in [0, 0.1) is 0 Å². The first kappa shape index (κ1) is 10.2. The molecule has 3 aromatic carbocycles. The highest BCUT2D eigenvalue weighted by Gasteiger charge is 2.21. The van der Waals surface area contributed by atoms with Crippen LogP contribution in [0.25, 0.3) is 33.2 Å². The number of aromatic nitrogens is 2. The smallest absolute Gasteiger partial charge is 0.142 e. The Morgan fingerprint density at radius 2 is 1.70 bits per heavy atom. The second-order valence-corrected chi connectivity index (χ2v) is 5.33. The average molecular weight is 256 g/mol. The Labute approximate surface area is 116 Å². The third-order valence-corrected chi connectivity index (χ3v) is 4.21. The lowest BCUT2D eigenvalue weighted by Crippen LogP contribution is -2.08. The van der Waals surface area contributed by atoms with Gasteiger partial charge < -0.3 is 4.57 Å². The molecular weight excluding hydrogens is 244 g/mol. The fourth-order valence-corrected chi connectivity index (χ4v) is 3.35. The summed E-state index contributed by atoms with van der Waals surface area (Å²) < 4.78 is 2.33. The fourth-order valence-electron chi connectivity index (χ4n) is 3.35. The van der Waals surface area contributed by atoms with Gasteiger partial charge in [-0.25, -0.2) is 4.98 Å². The Kier molecular flexibility index (Phi) is 1.78. The molecule has 0 N–H and O–H groups in total. The number of fused-ring (bicyclic) bond motifs is 4. The van der Waals surface area contributed by atoms with E-state index in [0.717, 1.165) is 17.9 Å². The second kappa shape index (κ2) is 3.48. The van der Waals surface area contributed by atoms with Gasteiger partial charge in [0.2, 0.25) is 0 Å². The molecule has 0 bridgehead atoms. The topological polar surface area (TPSA) is 17.8 Å². The van der Waals surface area contributed by atoms with Gasteiger partial charge in [-0.05, 0) is 28.5 Å². The molecule has 0 saturated heterocycles. The van der Waals surface area contributed by atoms with Gasteiger partial charge in [0.1, 0.15) is 5.82 Å². The molecule has 1 aromatic heterocycles. The van der Waals surface area contributed by atoms with E-state index in [0.29, 0.717) is 0 Å². The lowest BCUT2D eigenvalue weighted by molar-refractivity contribution is 0.831. The average Bonchev–Trinajstić information content (AvgIpc) is 2.87. The normalized spacial score (nSPS) is 12.8. The van der Waals surface area contributed by atoms with Crippen molar-refractivity contribution in [3.05, 3.63) is 66.2 Å². The van der Waals surface area contributed by atoms with Crippen LogP contribution in [0.15, 0.2) is 60.7 Å². The number of nitrogens with zero attached hydrogens (tertiary/aromatic N) is 2. The Morgan fingerprint density at radius 3 is 2.65 bits per heavy atom. The molecule has 1 aliphatic heterocycles. The zero-order valence-electron chi connectivity index (χ0n) is 10.9. The van der Waals surface area contributed by atoms with Gasteiger partial charge in [0.05, 0.1) is 17.6 Å². The summed E-state index contributed by atoms with van der Waals surface area (Å²) in [5.74, 6) is 1.09. The molecular formula is C18H12N2. The van der Waals surface area contributed by atoms with E-state index in [9.17, 15) is 0 Å².